The average Bonchev–Trinajstić information content (AvgIpc) is 3.42. The lowest BCUT2D eigenvalue weighted by molar-refractivity contribution is -0.384. The van der Waals surface area contributed by atoms with E-state index in [1.165, 1.54) is 23.5 Å². The summed E-state index contributed by atoms with van der Waals surface area (Å²) in [5.41, 5.74) is 3.88. The van der Waals surface area contributed by atoms with E-state index in [1.54, 1.807) is 32.4 Å². The van der Waals surface area contributed by atoms with Crippen molar-refractivity contribution < 1.29 is 4.92 Å². The zero-order chi connectivity index (χ0) is 26.8. The summed E-state index contributed by atoms with van der Waals surface area (Å²) in [4.78, 5) is 34.0. The van der Waals surface area contributed by atoms with E-state index >= 15 is 0 Å². The molecular formula is C27H23N7O3S. The van der Waals surface area contributed by atoms with Gasteiger partial charge < -0.3 is 0 Å². The van der Waals surface area contributed by atoms with Crippen LogP contribution in [0.3, 0.4) is 0 Å². The third kappa shape index (κ3) is 4.62. The molecule has 0 saturated heterocycles. The van der Waals surface area contributed by atoms with Gasteiger partial charge >= 0.3 is 0 Å². The summed E-state index contributed by atoms with van der Waals surface area (Å²) >= 11 is 1.29. The molecule has 0 spiro atoms. The first-order valence-corrected chi connectivity index (χ1v) is 12.5. The number of pyridine rings is 1. The number of rotatable bonds is 6. The number of nitro groups is 1. The Morgan fingerprint density at radius 2 is 1.82 bits per heavy atom. The Bertz CT molecular complexity index is 1800. The van der Waals surface area contributed by atoms with Crippen LogP contribution in [0.15, 0.2) is 99.3 Å². The standard InChI is InChI=1S/C27H23N7O3S/c1-18(23-14-7-8-15-28-23)30-32-24(20-10-9-13-22(16-20)34(36)37)17-38-27(32)29-25-19(2)31(3)33(26(25)35)21-11-5-4-6-12-21/h4-17H,1-3H3. The molecule has 2 aromatic carbocycles. The maximum Gasteiger partial charge on any atom is 0.297 e. The highest BCUT2D eigenvalue weighted by Crippen LogP contribution is 2.25. The first kappa shape index (κ1) is 24.8. The third-order valence-corrected chi connectivity index (χ3v) is 6.87. The second-order valence-electron chi connectivity index (χ2n) is 8.45. The van der Waals surface area contributed by atoms with E-state index in [9.17, 15) is 14.9 Å². The molecule has 0 aliphatic carbocycles. The molecule has 0 atom stereocenters. The van der Waals surface area contributed by atoms with Gasteiger partial charge in [0.2, 0.25) is 4.80 Å². The molecular weight excluding hydrogens is 502 g/mol. The summed E-state index contributed by atoms with van der Waals surface area (Å²) in [6.45, 7) is 3.66. The topological polar surface area (TPSA) is 113 Å². The molecule has 190 valence electrons. The number of para-hydroxylation sites is 1. The molecule has 0 fully saturated rings. The summed E-state index contributed by atoms with van der Waals surface area (Å²) in [6.07, 6.45) is 1.68. The molecule has 0 unspecified atom stereocenters. The number of hydrogen-bond acceptors (Lipinski definition) is 7. The predicted octanol–water partition coefficient (Wildman–Crippen LogP) is 4.82. The summed E-state index contributed by atoms with van der Waals surface area (Å²) in [6, 6.07) is 21.2. The zero-order valence-corrected chi connectivity index (χ0v) is 21.7. The molecule has 5 rings (SSSR count). The van der Waals surface area contributed by atoms with Crippen molar-refractivity contribution in [3.8, 4) is 16.9 Å². The molecule has 0 amide bonds. The normalized spacial score (nSPS) is 12.2. The fourth-order valence-corrected chi connectivity index (χ4v) is 4.84. The Morgan fingerprint density at radius 1 is 1.05 bits per heavy atom. The van der Waals surface area contributed by atoms with Crippen molar-refractivity contribution >= 4 is 28.4 Å². The van der Waals surface area contributed by atoms with Gasteiger partial charge in [0.1, 0.15) is 0 Å². The van der Waals surface area contributed by atoms with Crippen LogP contribution in [0.2, 0.25) is 0 Å². The number of nitrogens with zero attached hydrogens (tertiary/aromatic N) is 7. The predicted molar refractivity (Wildman–Crippen MR) is 147 cm³/mol. The number of non-ortho nitro benzene ring substituents is 1. The Hall–Kier alpha value is -4.90. The second kappa shape index (κ2) is 10.2. The second-order valence-corrected chi connectivity index (χ2v) is 9.28. The number of hydrogen-bond donors (Lipinski definition) is 0. The maximum absolute atomic E-state index is 13.5. The van der Waals surface area contributed by atoms with Crippen LogP contribution in [0.4, 0.5) is 11.4 Å². The molecule has 11 heteroatoms. The van der Waals surface area contributed by atoms with Gasteiger partial charge in [-0.05, 0) is 38.1 Å². The Balaban J connectivity index is 1.74. The Labute approximate surface area is 221 Å². The Morgan fingerprint density at radius 3 is 2.53 bits per heavy atom. The average molecular weight is 526 g/mol. The highest BCUT2D eigenvalue weighted by Gasteiger charge is 2.18. The van der Waals surface area contributed by atoms with Gasteiger partial charge in [0.05, 0.1) is 33.4 Å². The van der Waals surface area contributed by atoms with Crippen molar-refractivity contribution in [2.24, 2.45) is 17.1 Å². The minimum atomic E-state index is -0.437. The molecule has 0 aliphatic heterocycles. The number of nitro benzene ring substituents is 1. The van der Waals surface area contributed by atoms with Gasteiger partial charge in [-0.2, -0.15) is 5.10 Å². The molecule has 0 N–H and O–H groups in total. The van der Waals surface area contributed by atoms with Crippen LogP contribution in [-0.4, -0.2) is 29.7 Å². The van der Waals surface area contributed by atoms with E-state index in [1.807, 2.05) is 74.8 Å². The minimum Gasteiger partial charge on any atom is -0.283 e. The third-order valence-electron chi connectivity index (χ3n) is 6.05. The van der Waals surface area contributed by atoms with Gasteiger partial charge in [-0.1, -0.05) is 36.4 Å². The zero-order valence-electron chi connectivity index (χ0n) is 20.8. The largest absolute Gasteiger partial charge is 0.297 e. The van der Waals surface area contributed by atoms with Gasteiger partial charge in [0.15, 0.2) is 5.69 Å². The summed E-state index contributed by atoms with van der Waals surface area (Å²) < 4.78 is 4.93. The van der Waals surface area contributed by atoms with Crippen LogP contribution in [0.5, 0.6) is 0 Å². The molecule has 3 aromatic heterocycles. The molecule has 0 radical (unpaired) electrons. The lowest BCUT2D eigenvalue weighted by Gasteiger charge is -2.07. The molecule has 38 heavy (non-hydrogen) atoms. The molecule has 0 saturated carbocycles. The van der Waals surface area contributed by atoms with Crippen LogP contribution in [0.25, 0.3) is 16.9 Å². The quantitative estimate of drug-likeness (QED) is 0.180. The van der Waals surface area contributed by atoms with Crippen molar-refractivity contribution in [1.82, 2.24) is 19.0 Å². The number of benzene rings is 2. The van der Waals surface area contributed by atoms with Crippen molar-refractivity contribution in [3.63, 3.8) is 0 Å². The molecule has 5 aromatic rings. The van der Waals surface area contributed by atoms with E-state index in [4.69, 9.17) is 10.1 Å². The lowest BCUT2D eigenvalue weighted by atomic mass is 10.1. The van der Waals surface area contributed by atoms with Crippen LogP contribution in [-0.2, 0) is 7.05 Å². The van der Waals surface area contributed by atoms with Crippen molar-refractivity contribution in [3.05, 3.63) is 121 Å². The van der Waals surface area contributed by atoms with E-state index < -0.39 is 4.92 Å². The summed E-state index contributed by atoms with van der Waals surface area (Å²) in [7, 11) is 1.81. The van der Waals surface area contributed by atoms with Crippen molar-refractivity contribution in [2.45, 2.75) is 13.8 Å². The van der Waals surface area contributed by atoms with Crippen LogP contribution >= 0.6 is 11.3 Å². The molecule has 3 heterocycles. The first-order chi connectivity index (χ1) is 18.3. The molecule has 10 nitrogen and oxygen atoms in total. The lowest BCUT2D eigenvalue weighted by Crippen LogP contribution is -2.20. The number of thiazole rings is 1. The summed E-state index contributed by atoms with van der Waals surface area (Å²) in [5, 5.41) is 18.0. The van der Waals surface area contributed by atoms with E-state index in [0.717, 1.165) is 5.69 Å². The van der Waals surface area contributed by atoms with Crippen molar-refractivity contribution in [2.75, 3.05) is 0 Å². The fraction of sp³-hybridized carbons (Fsp3) is 0.111. The van der Waals surface area contributed by atoms with Crippen LogP contribution in [0, 0.1) is 17.0 Å². The molecule has 0 aliphatic rings. The molecule has 0 bridgehead atoms. The van der Waals surface area contributed by atoms with Gasteiger partial charge in [0.25, 0.3) is 11.2 Å². The van der Waals surface area contributed by atoms with Crippen LogP contribution < -0.4 is 10.4 Å². The highest BCUT2D eigenvalue weighted by atomic mass is 32.1. The SMILES string of the molecule is CC(=Nn1c(-c2cccc([N+](=O)[O-])c2)csc1=Nc1c(C)n(C)n(-c2ccccc2)c1=O)c1ccccn1. The van der Waals surface area contributed by atoms with Crippen LogP contribution in [0.1, 0.15) is 18.3 Å². The van der Waals surface area contributed by atoms with Crippen molar-refractivity contribution in [1.29, 1.82) is 0 Å². The summed E-state index contributed by atoms with van der Waals surface area (Å²) in [5.74, 6) is 0. The first-order valence-electron chi connectivity index (χ1n) is 11.7. The highest BCUT2D eigenvalue weighted by molar-refractivity contribution is 7.07. The van der Waals surface area contributed by atoms with Gasteiger partial charge in [-0.25, -0.2) is 14.4 Å². The smallest absolute Gasteiger partial charge is 0.283 e. The van der Waals surface area contributed by atoms with E-state index in [0.29, 0.717) is 33.2 Å². The minimum absolute atomic E-state index is 0.0335. The number of aromatic nitrogens is 4. The monoisotopic (exact) mass is 525 g/mol. The fourth-order valence-electron chi connectivity index (χ4n) is 4.01. The van der Waals surface area contributed by atoms with Gasteiger partial charge in [-0.15, -0.1) is 11.3 Å². The van der Waals surface area contributed by atoms with Gasteiger partial charge in [0, 0.05) is 36.3 Å². The maximum atomic E-state index is 13.5. The van der Waals surface area contributed by atoms with Gasteiger partial charge in [-0.3, -0.25) is 24.6 Å². The van der Waals surface area contributed by atoms with E-state index in [2.05, 4.69) is 4.98 Å². The van der Waals surface area contributed by atoms with E-state index in [-0.39, 0.29) is 16.9 Å². The Kier molecular flexibility index (Phi) is 6.67.